The van der Waals surface area contributed by atoms with Crippen molar-refractivity contribution in [2.24, 2.45) is 11.8 Å². The largest absolute Gasteiger partial charge is 0.0622 e. The van der Waals surface area contributed by atoms with Crippen molar-refractivity contribution in [2.75, 3.05) is 0 Å². The van der Waals surface area contributed by atoms with Gasteiger partial charge in [-0.1, -0.05) is 51.1 Å². The summed E-state index contributed by atoms with van der Waals surface area (Å²) < 4.78 is 0. The topological polar surface area (TPSA) is 0 Å². The lowest BCUT2D eigenvalue weighted by atomic mass is 9.83. The van der Waals surface area contributed by atoms with Crippen LogP contribution in [-0.4, -0.2) is 0 Å². The van der Waals surface area contributed by atoms with Crippen LogP contribution in [0.5, 0.6) is 0 Å². The maximum Gasteiger partial charge on any atom is 0.000474 e. The fraction of sp³-hybridized carbons (Fsp3) is 0.538. The molecule has 1 aromatic carbocycles. The Labute approximate surface area is 81.0 Å². The monoisotopic (exact) mass is 174 g/mol. The summed E-state index contributed by atoms with van der Waals surface area (Å²) >= 11 is 0. The van der Waals surface area contributed by atoms with E-state index in [4.69, 9.17) is 0 Å². The molecule has 1 aliphatic rings. The maximum absolute atomic E-state index is 2.37. The van der Waals surface area contributed by atoms with E-state index in [9.17, 15) is 0 Å². The highest BCUT2D eigenvalue weighted by Crippen LogP contribution is 2.58. The number of rotatable bonds is 2. The SMILES string of the molecule is CC(C)[C@@]1(c2ccccc2)C[C@H]1C. The normalized spacial score (nSPS) is 32.2. The summed E-state index contributed by atoms with van der Waals surface area (Å²) in [6.45, 7) is 7.06. The molecule has 0 heteroatoms. The minimum atomic E-state index is 0.501. The van der Waals surface area contributed by atoms with Gasteiger partial charge in [0.15, 0.2) is 0 Å². The van der Waals surface area contributed by atoms with E-state index in [2.05, 4.69) is 51.1 Å². The van der Waals surface area contributed by atoms with Crippen LogP contribution in [0.3, 0.4) is 0 Å². The molecule has 0 saturated heterocycles. The van der Waals surface area contributed by atoms with Gasteiger partial charge in [-0.25, -0.2) is 0 Å². The first-order valence-electron chi connectivity index (χ1n) is 5.23. The molecule has 0 aromatic heterocycles. The van der Waals surface area contributed by atoms with Gasteiger partial charge in [0.1, 0.15) is 0 Å². The zero-order chi connectivity index (χ0) is 9.47. The van der Waals surface area contributed by atoms with Gasteiger partial charge in [0.05, 0.1) is 0 Å². The molecular weight excluding hydrogens is 156 g/mol. The molecule has 0 heterocycles. The van der Waals surface area contributed by atoms with Crippen LogP contribution in [0.4, 0.5) is 0 Å². The highest BCUT2D eigenvalue weighted by molar-refractivity contribution is 5.33. The zero-order valence-electron chi connectivity index (χ0n) is 8.75. The van der Waals surface area contributed by atoms with Gasteiger partial charge < -0.3 is 0 Å². The fourth-order valence-electron chi connectivity index (χ4n) is 2.74. The average molecular weight is 174 g/mol. The molecule has 1 fully saturated rings. The molecule has 1 aliphatic carbocycles. The summed E-state index contributed by atoms with van der Waals surface area (Å²) in [5, 5.41) is 0. The van der Waals surface area contributed by atoms with Gasteiger partial charge in [0.25, 0.3) is 0 Å². The quantitative estimate of drug-likeness (QED) is 0.642. The zero-order valence-corrected chi connectivity index (χ0v) is 8.75. The predicted molar refractivity (Wildman–Crippen MR) is 56.7 cm³/mol. The smallest absolute Gasteiger partial charge is 0.000474 e. The van der Waals surface area contributed by atoms with Crippen LogP contribution in [0, 0.1) is 11.8 Å². The molecule has 0 N–H and O–H groups in total. The van der Waals surface area contributed by atoms with Crippen LogP contribution < -0.4 is 0 Å². The molecule has 1 aromatic rings. The minimum Gasteiger partial charge on any atom is -0.0622 e. The molecule has 0 unspecified atom stereocenters. The van der Waals surface area contributed by atoms with Gasteiger partial charge in [-0.2, -0.15) is 0 Å². The standard InChI is InChI=1S/C13H18/c1-10(2)13(9-11(13)3)12-7-5-4-6-8-12/h4-8,10-11H,9H2,1-3H3/t11-,13+/m1/s1. The van der Waals surface area contributed by atoms with Crippen LogP contribution in [0.2, 0.25) is 0 Å². The molecule has 2 rings (SSSR count). The number of hydrogen-bond donors (Lipinski definition) is 0. The van der Waals surface area contributed by atoms with E-state index in [0.717, 1.165) is 11.8 Å². The third kappa shape index (κ3) is 1.20. The Morgan fingerprint density at radius 2 is 1.77 bits per heavy atom. The Kier molecular flexibility index (Phi) is 1.94. The molecule has 0 radical (unpaired) electrons. The summed E-state index contributed by atoms with van der Waals surface area (Å²) in [5.41, 5.74) is 2.04. The van der Waals surface area contributed by atoms with Crippen molar-refractivity contribution in [1.29, 1.82) is 0 Å². The molecule has 0 nitrogen and oxygen atoms in total. The van der Waals surface area contributed by atoms with E-state index in [1.165, 1.54) is 12.0 Å². The highest BCUT2D eigenvalue weighted by atomic mass is 14.6. The van der Waals surface area contributed by atoms with Crippen molar-refractivity contribution in [1.82, 2.24) is 0 Å². The van der Waals surface area contributed by atoms with Crippen molar-refractivity contribution >= 4 is 0 Å². The highest BCUT2D eigenvalue weighted by Gasteiger charge is 2.53. The lowest BCUT2D eigenvalue weighted by Crippen LogP contribution is -2.16. The van der Waals surface area contributed by atoms with Crippen molar-refractivity contribution in [3.8, 4) is 0 Å². The summed E-state index contributed by atoms with van der Waals surface area (Å²) in [5.74, 6) is 1.64. The molecule has 0 aliphatic heterocycles. The molecule has 2 atom stereocenters. The predicted octanol–water partition coefficient (Wildman–Crippen LogP) is 3.62. The van der Waals surface area contributed by atoms with Gasteiger partial charge in [0, 0.05) is 5.41 Å². The van der Waals surface area contributed by atoms with Crippen molar-refractivity contribution < 1.29 is 0 Å². The van der Waals surface area contributed by atoms with Crippen LogP contribution in [0.1, 0.15) is 32.8 Å². The third-order valence-electron chi connectivity index (χ3n) is 3.70. The van der Waals surface area contributed by atoms with Crippen LogP contribution in [0.15, 0.2) is 30.3 Å². The van der Waals surface area contributed by atoms with Crippen molar-refractivity contribution in [2.45, 2.75) is 32.6 Å². The first-order chi connectivity index (χ1) is 6.18. The van der Waals surface area contributed by atoms with Crippen molar-refractivity contribution in [3.63, 3.8) is 0 Å². The van der Waals surface area contributed by atoms with E-state index in [-0.39, 0.29) is 0 Å². The van der Waals surface area contributed by atoms with Gasteiger partial charge in [0.2, 0.25) is 0 Å². The van der Waals surface area contributed by atoms with Gasteiger partial charge >= 0.3 is 0 Å². The summed E-state index contributed by atoms with van der Waals surface area (Å²) in [6.07, 6.45) is 1.37. The van der Waals surface area contributed by atoms with Crippen LogP contribution >= 0.6 is 0 Å². The number of benzene rings is 1. The first-order valence-corrected chi connectivity index (χ1v) is 5.23. The van der Waals surface area contributed by atoms with E-state index >= 15 is 0 Å². The van der Waals surface area contributed by atoms with E-state index < -0.39 is 0 Å². The van der Waals surface area contributed by atoms with Gasteiger partial charge in [-0.3, -0.25) is 0 Å². The Hall–Kier alpha value is -0.780. The second-order valence-electron chi connectivity index (χ2n) is 4.67. The van der Waals surface area contributed by atoms with Crippen LogP contribution in [0.25, 0.3) is 0 Å². The molecule has 70 valence electrons. The summed E-state index contributed by atoms with van der Waals surface area (Å²) in [7, 11) is 0. The van der Waals surface area contributed by atoms with E-state index in [1.54, 1.807) is 0 Å². The lowest BCUT2D eigenvalue weighted by molar-refractivity contribution is 0.449. The van der Waals surface area contributed by atoms with Crippen LogP contribution in [-0.2, 0) is 5.41 Å². The third-order valence-corrected chi connectivity index (χ3v) is 3.70. The Morgan fingerprint density at radius 1 is 1.23 bits per heavy atom. The molecular formula is C13H18. The molecule has 13 heavy (non-hydrogen) atoms. The Morgan fingerprint density at radius 3 is 2.15 bits per heavy atom. The fourth-order valence-corrected chi connectivity index (χ4v) is 2.74. The summed E-state index contributed by atoms with van der Waals surface area (Å²) in [6, 6.07) is 11.0. The Balaban J connectivity index is 2.35. The minimum absolute atomic E-state index is 0.501. The molecule has 0 amide bonds. The van der Waals surface area contributed by atoms with E-state index in [0.29, 0.717) is 5.41 Å². The lowest BCUT2D eigenvalue weighted by Gasteiger charge is -2.21. The maximum atomic E-state index is 2.37. The molecule has 0 bridgehead atoms. The molecule has 0 spiro atoms. The van der Waals surface area contributed by atoms with Gasteiger partial charge in [-0.15, -0.1) is 0 Å². The second kappa shape index (κ2) is 2.87. The van der Waals surface area contributed by atoms with E-state index in [1.807, 2.05) is 0 Å². The first kappa shape index (κ1) is 8.80. The van der Waals surface area contributed by atoms with Crippen molar-refractivity contribution in [3.05, 3.63) is 35.9 Å². The second-order valence-corrected chi connectivity index (χ2v) is 4.67. The Bertz CT molecular complexity index is 286. The number of hydrogen-bond acceptors (Lipinski definition) is 0. The molecule has 1 saturated carbocycles. The van der Waals surface area contributed by atoms with Gasteiger partial charge in [-0.05, 0) is 23.8 Å². The average Bonchev–Trinajstić information content (AvgIpc) is 2.80. The summed E-state index contributed by atoms with van der Waals surface area (Å²) in [4.78, 5) is 0.